The number of halogens is 1. The van der Waals surface area contributed by atoms with Crippen molar-refractivity contribution in [2.24, 2.45) is 22.4 Å². The zero-order valence-corrected chi connectivity index (χ0v) is 19.0. The fraction of sp³-hybridized carbons (Fsp3) is 0.538. The van der Waals surface area contributed by atoms with Gasteiger partial charge in [0.15, 0.2) is 5.78 Å². The second-order valence-corrected chi connectivity index (χ2v) is 10.7. The lowest BCUT2D eigenvalue weighted by Gasteiger charge is -2.54. The van der Waals surface area contributed by atoms with Gasteiger partial charge in [-0.25, -0.2) is 0 Å². The molecule has 2 N–H and O–H groups in total. The second-order valence-electron chi connectivity index (χ2n) is 10.3. The molecule has 0 aromatic heterocycles. The van der Waals surface area contributed by atoms with E-state index < -0.39 is 5.60 Å². The van der Waals surface area contributed by atoms with Crippen LogP contribution in [0.3, 0.4) is 0 Å². The van der Waals surface area contributed by atoms with Crippen LogP contribution in [0, 0.1) is 17.3 Å². The summed E-state index contributed by atoms with van der Waals surface area (Å²) in [5.41, 5.74) is 5.12. The number of nitrogens with zero attached hydrogens (tertiary/aromatic N) is 1. The third-order valence-corrected chi connectivity index (χ3v) is 9.39. The summed E-state index contributed by atoms with van der Waals surface area (Å²) < 4.78 is 0. The molecule has 5 rings (SSSR count). The predicted molar refractivity (Wildman–Crippen MR) is 122 cm³/mol. The van der Waals surface area contributed by atoms with Gasteiger partial charge in [0.1, 0.15) is 0 Å². The normalized spacial score (nSPS) is 37.8. The number of hydrogen-bond donors (Lipinski definition) is 2. The maximum absolute atomic E-state index is 12.3. The third-order valence-electron chi connectivity index (χ3n) is 8.96. The summed E-state index contributed by atoms with van der Waals surface area (Å²) in [6.45, 7) is 4.31. The first-order valence-electron chi connectivity index (χ1n) is 11.4. The number of ketones is 1. The van der Waals surface area contributed by atoms with Crippen LogP contribution in [0.1, 0.15) is 75.8 Å². The standard InChI is InChI=1S/C26H30ClNO3/c1-25-13-20(16-5-3-15(4-6-16)14-28-31)23-17-9-10-22(29)24(27)18(17)7-8-19(23)21(25)11-12-26(25,2)30/h3-6,14,19-21,30-31H,7-13H2,1-2H3/b28-14+/t19?,20-,21?,25+,26+/m1/s1. The van der Waals surface area contributed by atoms with Crippen LogP contribution in [-0.4, -0.2) is 27.9 Å². The summed E-state index contributed by atoms with van der Waals surface area (Å²) in [4.78, 5) is 12.3. The number of rotatable bonds is 2. The Morgan fingerprint density at radius 3 is 2.55 bits per heavy atom. The molecule has 2 fully saturated rings. The number of hydrogen-bond acceptors (Lipinski definition) is 4. The number of carbonyl (C=O) groups excluding carboxylic acids is 1. The van der Waals surface area contributed by atoms with E-state index in [-0.39, 0.29) is 17.1 Å². The Morgan fingerprint density at radius 1 is 1.10 bits per heavy atom. The van der Waals surface area contributed by atoms with E-state index in [1.54, 1.807) is 0 Å². The van der Waals surface area contributed by atoms with E-state index in [1.165, 1.54) is 22.9 Å². The van der Waals surface area contributed by atoms with Crippen molar-refractivity contribution in [3.8, 4) is 0 Å². The molecule has 4 aliphatic carbocycles. The molecule has 2 unspecified atom stereocenters. The molecule has 2 saturated carbocycles. The van der Waals surface area contributed by atoms with Gasteiger partial charge in [-0.1, -0.05) is 53.5 Å². The highest BCUT2D eigenvalue weighted by Gasteiger charge is 2.61. The maximum atomic E-state index is 12.3. The molecule has 1 aromatic carbocycles. The van der Waals surface area contributed by atoms with E-state index in [0.717, 1.165) is 49.7 Å². The molecule has 0 amide bonds. The van der Waals surface area contributed by atoms with E-state index in [1.807, 2.05) is 19.1 Å². The molecular weight excluding hydrogens is 410 g/mol. The highest BCUT2D eigenvalue weighted by molar-refractivity contribution is 6.43. The molecule has 5 atom stereocenters. The van der Waals surface area contributed by atoms with Gasteiger partial charge in [-0.2, -0.15) is 0 Å². The van der Waals surface area contributed by atoms with Crippen LogP contribution in [0.5, 0.6) is 0 Å². The van der Waals surface area contributed by atoms with E-state index in [0.29, 0.717) is 23.3 Å². The number of benzene rings is 1. The fourth-order valence-electron chi connectivity index (χ4n) is 7.11. The van der Waals surface area contributed by atoms with Crippen molar-refractivity contribution in [3.05, 3.63) is 57.1 Å². The Kier molecular flexibility index (Phi) is 4.95. The van der Waals surface area contributed by atoms with Gasteiger partial charge in [-0.3, -0.25) is 4.79 Å². The van der Waals surface area contributed by atoms with Crippen LogP contribution in [0.15, 0.2) is 51.2 Å². The lowest BCUT2D eigenvalue weighted by molar-refractivity contribution is -0.115. The topological polar surface area (TPSA) is 69.9 Å². The molecule has 164 valence electrons. The summed E-state index contributed by atoms with van der Waals surface area (Å²) in [5.74, 6) is 1.15. The first-order valence-corrected chi connectivity index (χ1v) is 11.8. The van der Waals surface area contributed by atoms with Gasteiger partial charge < -0.3 is 10.3 Å². The largest absolute Gasteiger partial charge is 0.411 e. The first-order chi connectivity index (χ1) is 14.8. The van der Waals surface area contributed by atoms with Crippen LogP contribution < -0.4 is 0 Å². The van der Waals surface area contributed by atoms with Gasteiger partial charge in [0.05, 0.1) is 16.8 Å². The quantitative estimate of drug-likeness (QED) is 0.352. The van der Waals surface area contributed by atoms with Crippen LogP contribution in [0.2, 0.25) is 0 Å². The van der Waals surface area contributed by atoms with Crippen molar-refractivity contribution in [2.45, 2.75) is 70.3 Å². The Bertz CT molecular complexity index is 1020. The van der Waals surface area contributed by atoms with Crippen molar-refractivity contribution in [1.82, 2.24) is 0 Å². The molecule has 0 heterocycles. The monoisotopic (exact) mass is 439 g/mol. The zero-order valence-electron chi connectivity index (χ0n) is 18.2. The van der Waals surface area contributed by atoms with Crippen LogP contribution in [0.4, 0.5) is 0 Å². The molecule has 31 heavy (non-hydrogen) atoms. The smallest absolute Gasteiger partial charge is 0.174 e. The number of aliphatic hydroxyl groups is 1. The summed E-state index contributed by atoms with van der Waals surface area (Å²) >= 11 is 6.52. The van der Waals surface area contributed by atoms with Gasteiger partial charge in [0, 0.05) is 17.8 Å². The van der Waals surface area contributed by atoms with Crippen molar-refractivity contribution in [2.75, 3.05) is 0 Å². The van der Waals surface area contributed by atoms with Crippen LogP contribution in [-0.2, 0) is 4.79 Å². The number of fused-ring (bicyclic) bond motifs is 4. The van der Waals surface area contributed by atoms with Gasteiger partial charge in [0.25, 0.3) is 0 Å². The van der Waals surface area contributed by atoms with Gasteiger partial charge in [-0.15, -0.1) is 0 Å². The molecular formula is C26H30ClNO3. The molecule has 1 aromatic rings. The summed E-state index contributed by atoms with van der Waals surface area (Å²) in [6.07, 6.45) is 7.35. The average Bonchev–Trinajstić information content (AvgIpc) is 2.99. The summed E-state index contributed by atoms with van der Waals surface area (Å²) in [5, 5.41) is 23.8. The maximum Gasteiger partial charge on any atom is 0.174 e. The first kappa shape index (κ1) is 21.0. The van der Waals surface area contributed by atoms with Crippen LogP contribution in [0.25, 0.3) is 0 Å². The van der Waals surface area contributed by atoms with Gasteiger partial charge >= 0.3 is 0 Å². The lowest BCUT2D eigenvalue weighted by atomic mass is 9.51. The molecule has 5 heteroatoms. The molecule has 4 aliphatic rings. The Morgan fingerprint density at radius 2 is 1.84 bits per heavy atom. The predicted octanol–water partition coefficient (Wildman–Crippen LogP) is 5.71. The minimum Gasteiger partial charge on any atom is -0.411 e. The van der Waals surface area contributed by atoms with Crippen LogP contribution >= 0.6 is 11.6 Å². The van der Waals surface area contributed by atoms with E-state index >= 15 is 0 Å². The number of allylic oxidation sites excluding steroid dienone is 4. The fourth-order valence-corrected chi connectivity index (χ4v) is 7.42. The average molecular weight is 440 g/mol. The van der Waals surface area contributed by atoms with Gasteiger partial charge in [0.2, 0.25) is 0 Å². The number of carbonyl (C=O) groups is 1. The molecule has 0 radical (unpaired) electrons. The van der Waals surface area contributed by atoms with E-state index in [2.05, 4.69) is 24.2 Å². The summed E-state index contributed by atoms with van der Waals surface area (Å²) in [6, 6.07) is 8.20. The molecule has 0 aliphatic heterocycles. The number of oxime groups is 1. The SMILES string of the molecule is C[C@]1(O)CCC2C3CCC4=C(Cl)C(=O)CCC4=C3[C@@H](c3ccc(/C=N/O)cc3)C[C@@]21C. The molecule has 0 bridgehead atoms. The van der Waals surface area contributed by atoms with E-state index in [4.69, 9.17) is 16.8 Å². The Labute approximate surface area is 188 Å². The highest BCUT2D eigenvalue weighted by Crippen LogP contribution is 2.66. The molecule has 4 nitrogen and oxygen atoms in total. The van der Waals surface area contributed by atoms with Crippen molar-refractivity contribution in [1.29, 1.82) is 0 Å². The highest BCUT2D eigenvalue weighted by atomic mass is 35.5. The third kappa shape index (κ3) is 3.06. The second kappa shape index (κ2) is 7.31. The zero-order chi connectivity index (χ0) is 22.0. The Hall–Kier alpha value is -1.91. The van der Waals surface area contributed by atoms with Crippen molar-refractivity contribution < 1.29 is 15.1 Å². The van der Waals surface area contributed by atoms with E-state index in [9.17, 15) is 9.90 Å². The van der Waals surface area contributed by atoms with Crippen molar-refractivity contribution in [3.63, 3.8) is 0 Å². The molecule has 0 saturated heterocycles. The number of Topliss-reactive ketones (excluding diaryl/α,β-unsaturated/α-hetero) is 1. The summed E-state index contributed by atoms with van der Waals surface area (Å²) in [7, 11) is 0. The minimum atomic E-state index is -0.675. The minimum absolute atomic E-state index is 0.0770. The Balaban J connectivity index is 1.68. The molecule has 0 spiro atoms. The van der Waals surface area contributed by atoms with Gasteiger partial charge in [-0.05, 0) is 79.6 Å². The van der Waals surface area contributed by atoms with Crippen molar-refractivity contribution >= 4 is 23.6 Å². The lowest BCUT2D eigenvalue weighted by Crippen LogP contribution is -2.50.